The van der Waals surface area contributed by atoms with Crippen LogP contribution in [-0.4, -0.2) is 63.0 Å². The Kier molecular flexibility index (Phi) is 7.46. The van der Waals surface area contributed by atoms with Crippen molar-refractivity contribution in [1.82, 2.24) is 10.2 Å². The number of aliphatic imine (C=N–C) groups is 1. The molecule has 128 valence electrons. The average Bonchev–Trinajstić information content (AvgIpc) is 2.98. The van der Waals surface area contributed by atoms with Crippen molar-refractivity contribution >= 4 is 5.96 Å². The first-order valence-electron chi connectivity index (χ1n) is 8.91. The molecule has 2 fully saturated rings. The lowest BCUT2D eigenvalue weighted by Crippen LogP contribution is -2.48. The standard InChI is InChI=1S/C17H33N3O2/c1-4-18-17(20-11-14(2)10-15(3)12-20)19-7-9-21-13-16-6-5-8-22-16/h14-16H,4-13H2,1-3H3,(H,18,19). The Balaban J connectivity index is 1.73. The zero-order valence-corrected chi connectivity index (χ0v) is 14.5. The van der Waals surface area contributed by atoms with Crippen molar-refractivity contribution in [2.75, 3.05) is 46.0 Å². The molecule has 5 heteroatoms. The van der Waals surface area contributed by atoms with Gasteiger partial charge in [0.25, 0.3) is 0 Å². The number of nitrogens with one attached hydrogen (secondary N) is 1. The predicted octanol–water partition coefficient (Wildman–Crippen LogP) is 2.13. The van der Waals surface area contributed by atoms with E-state index in [1.165, 1.54) is 12.8 Å². The van der Waals surface area contributed by atoms with E-state index in [2.05, 4.69) is 31.0 Å². The highest BCUT2D eigenvalue weighted by molar-refractivity contribution is 5.80. The van der Waals surface area contributed by atoms with Crippen molar-refractivity contribution in [3.05, 3.63) is 0 Å². The molecule has 2 heterocycles. The van der Waals surface area contributed by atoms with Gasteiger partial charge in [-0.05, 0) is 38.0 Å². The molecule has 0 amide bonds. The van der Waals surface area contributed by atoms with Crippen LogP contribution in [0.1, 0.15) is 40.0 Å². The fourth-order valence-electron chi connectivity index (χ4n) is 3.47. The lowest BCUT2D eigenvalue weighted by Gasteiger charge is -2.37. The summed E-state index contributed by atoms with van der Waals surface area (Å²) in [4.78, 5) is 7.14. The molecular weight excluding hydrogens is 278 g/mol. The minimum Gasteiger partial charge on any atom is -0.377 e. The third-order valence-corrected chi connectivity index (χ3v) is 4.33. The maximum Gasteiger partial charge on any atom is 0.194 e. The summed E-state index contributed by atoms with van der Waals surface area (Å²) in [5.41, 5.74) is 0. The summed E-state index contributed by atoms with van der Waals surface area (Å²) in [6.07, 6.45) is 3.93. The van der Waals surface area contributed by atoms with Gasteiger partial charge < -0.3 is 19.7 Å². The lowest BCUT2D eigenvalue weighted by atomic mass is 9.92. The van der Waals surface area contributed by atoms with Gasteiger partial charge in [0.05, 0.1) is 25.9 Å². The molecule has 0 aromatic rings. The van der Waals surface area contributed by atoms with Crippen molar-refractivity contribution < 1.29 is 9.47 Å². The van der Waals surface area contributed by atoms with Crippen LogP contribution in [-0.2, 0) is 9.47 Å². The number of guanidine groups is 1. The molecule has 1 N–H and O–H groups in total. The van der Waals surface area contributed by atoms with Crippen molar-refractivity contribution in [1.29, 1.82) is 0 Å². The highest BCUT2D eigenvalue weighted by Crippen LogP contribution is 2.20. The molecule has 0 spiro atoms. The number of hydrogen-bond acceptors (Lipinski definition) is 3. The van der Waals surface area contributed by atoms with E-state index in [1.807, 2.05) is 0 Å². The van der Waals surface area contributed by atoms with E-state index < -0.39 is 0 Å². The number of likely N-dealkylation sites (tertiary alicyclic amines) is 1. The predicted molar refractivity (Wildman–Crippen MR) is 90.3 cm³/mol. The number of hydrogen-bond donors (Lipinski definition) is 1. The molecule has 2 saturated heterocycles. The molecular formula is C17H33N3O2. The van der Waals surface area contributed by atoms with Crippen LogP contribution >= 0.6 is 0 Å². The normalized spacial score (nSPS) is 29.9. The number of nitrogens with zero attached hydrogens (tertiary/aromatic N) is 2. The van der Waals surface area contributed by atoms with Gasteiger partial charge in [-0.15, -0.1) is 0 Å². The smallest absolute Gasteiger partial charge is 0.194 e. The molecule has 3 unspecified atom stereocenters. The van der Waals surface area contributed by atoms with E-state index in [-0.39, 0.29) is 0 Å². The summed E-state index contributed by atoms with van der Waals surface area (Å²) in [6, 6.07) is 0. The van der Waals surface area contributed by atoms with Gasteiger partial charge in [0.15, 0.2) is 5.96 Å². The van der Waals surface area contributed by atoms with Gasteiger partial charge >= 0.3 is 0 Å². The summed E-state index contributed by atoms with van der Waals surface area (Å²) in [5, 5.41) is 3.42. The molecule has 2 rings (SSSR count). The Morgan fingerprint density at radius 2 is 2.09 bits per heavy atom. The Hall–Kier alpha value is -0.810. The Morgan fingerprint density at radius 3 is 2.73 bits per heavy atom. The van der Waals surface area contributed by atoms with Crippen LogP contribution in [0.2, 0.25) is 0 Å². The zero-order chi connectivity index (χ0) is 15.8. The van der Waals surface area contributed by atoms with Crippen LogP contribution in [0.25, 0.3) is 0 Å². The molecule has 5 nitrogen and oxygen atoms in total. The third-order valence-electron chi connectivity index (χ3n) is 4.33. The molecule has 0 radical (unpaired) electrons. The van der Waals surface area contributed by atoms with Crippen molar-refractivity contribution in [3.8, 4) is 0 Å². The Labute approximate surface area is 135 Å². The molecule has 22 heavy (non-hydrogen) atoms. The minimum absolute atomic E-state index is 0.306. The molecule has 0 bridgehead atoms. The van der Waals surface area contributed by atoms with Gasteiger partial charge in [-0.25, -0.2) is 0 Å². The van der Waals surface area contributed by atoms with Crippen molar-refractivity contribution in [2.45, 2.75) is 46.1 Å². The first-order valence-corrected chi connectivity index (χ1v) is 8.91. The average molecular weight is 311 g/mol. The molecule has 0 saturated carbocycles. The largest absolute Gasteiger partial charge is 0.377 e. The highest BCUT2D eigenvalue weighted by atomic mass is 16.5. The Morgan fingerprint density at radius 1 is 1.32 bits per heavy atom. The van der Waals surface area contributed by atoms with E-state index in [9.17, 15) is 0 Å². The molecule has 0 aliphatic carbocycles. The quantitative estimate of drug-likeness (QED) is 0.464. The van der Waals surface area contributed by atoms with E-state index in [1.54, 1.807) is 0 Å². The van der Waals surface area contributed by atoms with E-state index in [0.717, 1.165) is 50.5 Å². The number of piperidine rings is 1. The van der Waals surface area contributed by atoms with Crippen LogP contribution in [0.3, 0.4) is 0 Å². The van der Waals surface area contributed by atoms with Crippen molar-refractivity contribution in [2.24, 2.45) is 16.8 Å². The maximum absolute atomic E-state index is 5.70. The third kappa shape index (κ3) is 5.76. The second-order valence-electron chi connectivity index (χ2n) is 6.80. The monoisotopic (exact) mass is 311 g/mol. The SMILES string of the molecule is CCNC(=NCCOCC1CCCO1)N1CC(C)CC(C)C1. The van der Waals surface area contributed by atoms with Gasteiger partial charge in [-0.3, -0.25) is 4.99 Å². The fraction of sp³-hybridized carbons (Fsp3) is 0.941. The number of ether oxygens (including phenoxy) is 2. The van der Waals surface area contributed by atoms with Crippen LogP contribution in [0.15, 0.2) is 4.99 Å². The van der Waals surface area contributed by atoms with Crippen LogP contribution in [0, 0.1) is 11.8 Å². The maximum atomic E-state index is 5.70. The van der Waals surface area contributed by atoms with E-state index >= 15 is 0 Å². The molecule has 2 aliphatic rings. The second kappa shape index (κ2) is 9.36. The van der Waals surface area contributed by atoms with Gasteiger partial charge in [0.2, 0.25) is 0 Å². The minimum atomic E-state index is 0.306. The van der Waals surface area contributed by atoms with Crippen LogP contribution < -0.4 is 5.32 Å². The summed E-state index contributed by atoms with van der Waals surface area (Å²) in [6.45, 7) is 12.9. The van der Waals surface area contributed by atoms with Gasteiger partial charge in [0.1, 0.15) is 0 Å². The fourth-order valence-corrected chi connectivity index (χ4v) is 3.47. The summed E-state index contributed by atoms with van der Waals surface area (Å²) >= 11 is 0. The molecule has 0 aromatic heterocycles. The molecule has 0 aromatic carbocycles. The van der Waals surface area contributed by atoms with Gasteiger partial charge in [-0.1, -0.05) is 13.8 Å². The second-order valence-corrected chi connectivity index (χ2v) is 6.80. The first kappa shape index (κ1) is 17.5. The summed E-state index contributed by atoms with van der Waals surface area (Å²) in [7, 11) is 0. The zero-order valence-electron chi connectivity index (χ0n) is 14.5. The van der Waals surface area contributed by atoms with Crippen LogP contribution in [0.4, 0.5) is 0 Å². The lowest BCUT2D eigenvalue weighted by molar-refractivity contribution is 0.0199. The molecule has 3 atom stereocenters. The highest BCUT2D eigenvalue weighted by Gasteiger charge is 2.23. The van der Waals surface area contributed by atoms with Gasteiger partial charge in [-0.2, -0.15) is 0 Å². The first-order chi connectivity index (χ1) is 10.7. The van der Waals surface area contributed by atoms with E-state index in [0.29, 0.717) is 25.9 Å². The summed E-state index contributed by atoms with van der Waals surface area (Å²) in [5.74, 6) is 2.52. The topological polar surface area (TPSA) is 46.1 Å². The Bertz CT molecular complexity index is 333. The molecule has 2 aliphatic heterocycles. The number of rotatable bonds is 6. The van der Waals surface area contributed by atoms with Crippen LogP contribution in [0.5, 0.6) is 0 Å². The van der Waals surface area contributed by atoms with E-state index in [4.69, 9.17) is 14.5 Å². The summed E-state index contributed by atoms with van der Waals surface area (Å²) < 4.78 is 11.3. The van der Waals surface area contributed by atoms with Gasteiger partial charge in [0, 0.05) is 26.2 Å². The van der Waals surface area contributed by atoms with Crippen molar-refractivity contribution in [3.63, 3.8) is 0 Å².